The molecule has 1 unspecified atom stereocenters. The van der Waals surface area contributed by atoms with Gasteiger partial charge in [0.25, 0.3) is 5.91 Å². The molecule has 1 atom stereocenters. The molecule has 1 aliphatic heterocycles. The van der Waals surface area contributed by atoms with Crippen molar-refractivity contribution in [3.05, 3.63) is 65.2 Å². The number of ether oxygens (including phenoxy) is 1. The van der Waals surface area contributed by atoms with Crippen molar-refractivity contribution in [2.75, 3.05) is 19.0 Å². The van der Waals surface area contributed by atoms with Gasteiger partial charge in [-0.05, 0) is 48.2 Å². The van der Waals surface area contributed by atoms with Crippen molar-refractivity contribution in [3.63, 3.8) is 0 Å². The molecule has 2 N–H and O–H groups in total. The normalized spacial score (nSPS) is 16.1. The molecule has 6 nitrogen and oxygen atoms in total. The molecule has 1 heterocycles. The van der Waals surface area contributed by atoms with Crippen LogP contribution in [0.4, 0.5) is 23.7 Å². The zero-order chi connectivity index (χ0) is 22.4. The van der Waals surface area contributed by atoms with E-state index in [4.69, 9.17) is 4.74 Å². The number of carbonyl (C=O) groups is 2. The first-order chi connectivity index (χ1) is 14.7. The van der Waals surface area contributed by atoms with Crippen LogP contribution in [0.2, 0.25) is 0 Å². The van der Waals surface area contributed by atoms with Crippen molar-refractivity contribution < 1.29 is 27.5 Å². The quantitative estimate of drug-likeness (QED) is 0.716. The molecule has 0 bridgehead atoms. The maximum absolute atomic E-state index is 12.6. The lowest BCUT2D eigenvalue weighted by atomic mass is 10.1. The lowest BCUT2D eigenvalue weighted by Gasteiger charge is -2.19. The van der Waals surface area contributed by atoms with E-state index in [-0.39, 0.29) is 25.0 Å². The fourth-order valence-electron chi connectivity index (χ4n) is 3.22. The van der Waals surface area contributed by atoms with Crippen LogP contribution in [-0.2, 0) is 28.8 Å². The number of urea groups is 1. The van der Waals surface area contributed by atoms with Crippen LogP contribution in [0.3, 0.4) is 0 Å². The summed E-state index contributed by atoms with van der Waals surface area (Å²) in [7, 11) is 1.56. The molecular formula is C22H24F3N3O3. The highest BCUT2D eigenvalue weighted by atomic mass is 19.4. The van der Waals surface area contributed by atoms with Gasteiger partial charge in [-0.2, -0.15) is 13.2 Å². The van der Waals surface area contributed by atoms with Gasteiger partial charge in [0.05, 0.1) is 5.56 Å². The predicted molar refractivity (Wildman–Crippen MR) is 109 cm³/mol. The molecule has 1 saturated heterocycles. The van der Waals surface area contributed by atoms with Gasteiger partial charge in [0.2, 0.25) is 0 Å². The fourth-order valence-corrected chi connectivity index (χ4v) is 3.22. The molecule has 2 aromatic rings. The van der Waals surface area contributed by atoms with E-state index in [1.807, 2.05) is 6.07 Å². The number of nitrogens with zero attached hydrogens (tertiary/aromatic N) is 1. The van der Waals surface area contributed by atoms with E-state index >= 15 is 0 Å². The third-order valence-corrected chi connectivity index (χ3v) is 4.91. The van der Waals surface area contributed by atoms with Crippen molar-refractivity contribution in [2.45, 2.75) is 38.2 Å². The highest BCUT2D eigenvalue weighted by Gasteiger charge is 2.30. The smallest absolute Gasteiger partial charge is 0.368 e. The summed E-state index contributed by atoms with van der Waals surface area (Å²) in [5.74, 6) is -0.185. The summed E-state index contributed by atoms with van der Waals surface area (Å²) in [6.07, 6.45) is -3.25. The summed E-state index contributed by atoms with van der Waals surface area (Å²) in [5.41, 5.74) is 1.27. The number of amides is 3. The van der Waals surface area contributed by atoms with Crippen molar-refractivity contribution in [1.29, 1.82) is 0 Å². The van der Waals surface area contributed by atoms with Crippen LogP contribution in [-0.4, -0.2) is 36.6 Å². The Bertz CT molecular complexity index is 910. The summed E-state index contributed by atoms with van der Waals surface area (Å²) >= 11 is 0. The second-order valence-corrected chi connectivity index (χ2v) is 7.40. The molecule has 3 rings (SSSR count). The molecule has 31 heavy (non-hydrogen) atoms. The summed E-state index contributed by atoms with van der Waals surface area (Å²) in [5, 5.41) is 5.58. The van der Waals surface area contributed by atoms with E-state index in [1.165, 1.54) is 17.0 Å². The van der Waals surface area contributed by atoms with E-state index in [9.17, 15) is 22.8 Å². The molecule has 1 fully saturated rings. The minimum absolute atomic E-state index is 0.168. The largest absolute Gasteiger partial charge is 0.416 e. The Kier molecular flexibility index (Phi) is 7.17. The van der Waals surface area contributed by atoms with Gasteiger partial charge >= 0.3 is 12.2 Å². The topological polar surface area (TPSA) is 70.7 Å². The van der Waals surface area contributed by atoms with Gasteiger partial charge in [-0.15, -0.1) is 0 Å². The number of carbonyl (C=O) groups excluding carboxylic acids is 2. The number of hydrogen-bond acceptors (Lipinski definition) is 3. The maximum atomic E-state index is 12.6. The Hall–Kier alpha value is -3.07. The summed E-state index contributed by atoms with van der Waals surface area (Å²) in [6, 6.07) is 11.5. The van der Waals surface area contributed by atoms with Crippen LogP contribution >= 0.6 is 0 Å². The molecule has 3 amide bonds. The van der Waals surface area contributed by atoms with E-state index in [0.717, 1.165) is 24.1 Å². The van der Waals surface area contributed by atoms with Crippen LogP contribution in [0.1, 0.15) is 29.5 Å². The van der Waals surface area contributed by atoms with Crippen LogP contribution < -0.4 is 10.6 Å². The first-order valence-corrected chi connectivity index (χ1v) is 9.89. The molecule has 0 aromatic heterocycles. The van der Waals surface area contributed by atoms with Gasteiger partial charge in [0.15, 0.2) is 0 Å². The molecule has 2 aromatic carbocycles. The Balaban J connectivity index is 1.50. The van der Waals surface area contributed by atoms with Gasteiger partial charge in [0, 0.05) is 32.4 Å². The molecule has 0 radical (unpaired) electrons. The predicted octanol–water partition coefficient (Wildman–Crippen LogP) is 4.16. The van der Waals surface area contributed by atoms with E-state index in [2.05, 4.69) is 10.6 Å². The number of hydrogen-bond donors (Lipinski definition) is 2. The van der Waals surface area contributed by atoms with Gasteiger partial charge in [-0.3, -0.25) is 4.79 Å². The lowest BCUT2D eigenvalue weighted by molar-refractivity contribution is -0.137. The molecule has 0 saturated carbocycles. The molecule has 166 valence electrons. The molecule has 9 heteroatoms. The zero-order valence-corrected chi connectivity index (χ0v) is 17.0. The molecule has 0 spiro atoms. The number of rotatable bonds is 6. The zero-order valence-electron chi connectivity index (χ0n) is 17.0. The highest BCUT2D eigenvalue weighted by molar-refractivity contribution is 5.94. The first kappa shape index (κ1) is 22.6. The third kappa shape index (κ3) is 6.45. The molecule has 1 aliphatic rings. The SMILES string of the molecule is CN(Cc1ccc(C(F)(F)F)cc1)C(=O)NCc1cccc(NC(=O)C2CCCO2)c1. The number of benzene rings is 2. The van der Waals surface area contributed by atoms with Gasteiger partial charge in [-0.1, -0.05) is 24.3 Å². The Morgan fingerprint density at radius 3 is 2.52 bits per heavy atom. The number of alkyl halides is 3. The summed E-state index contributed by atoms with van der Waals surface area (Å²) < 4.78 is 43.3. The van der Waals surface area contributed by atoms with Crippen LogP contribution in [0.5, 0.6) is 0 Å². The van der Waals surface area contributed by atoms with Crippen molar-refractivity contribution in [3.8, 4) is 0 Å². The minimum Gasteiger partial charge on any atom is -0.368 e. The van der Waals surface area contributed by atoms with Gasteiger partial charge in [0.1, 0.15) is 6.10 Å². The molecular weight excluding hydrogens is 411 g/mol. The average Bonchev–Trinajstić information content (AvgIpc) is 3.27. The second-order valence-electron chi connectivity index (χ2n) is 7.40. The fraction of sp³-hybridized carbons (Fsp3) is 0.364. The van der Waals surface area contributed by atoms with Crippen LogP contribution in [0.25, 0.3) is 0 Å². The van der Waals surface area contributed by atoms with Crippen LogP contribution in [0, 0.1) is 0 Å². The second kappa shape index (κ2) is 9.82. The summed E-state index contributed by atoms with van der Waals surface area (Å²) in [4.78, 5) is 25.9. The maximum Gasteiger partial charge on any atom is 0.416 e. The highest BCUT2D eigenvalue weighted by Crippen LogP contribution is 2.29. The molecule has 0 aliphatic carbocycles. The lowest BCUT2D eigenvalue weighted by Crippen LogP contribution is -2.36. The van der Waals surface area contributed by atoms with E-state index in [0.29, 0.717) is 24.3 Å². The average molecular weight is 435 g/mol. The van der Waals surface area contributed by atoms with Crippen LogP contribution in [0.15, 0.2) is 48.5 Å². The van der Waals surface area contributed by atoms with Crippen molar-refractivity contribution in [2.24, 2.45) is 0 Å². The van der Waals surface area contributed by atoms with Crippen molar-refractivity contribution in [1.82, 2.24) is 10.2 Å². The van der Waals surface area contributed by atoms with E-state index in [1.54, 1.807) is 25.2 Å². The summed E-state index contributed by atoms with van der Waals surface area (Å²) in [6.45, 7) is 0.991. The Morgan fingerprint density at radius 2 is 1.87 bits per heavy atom. The number of anilines is 1. The van der Waals surface area contributed by atoms with Gasteiger partial charge in [-0.25, -0.2) is 4.79 Å². The minimum atomic E-state index is -4.39. The van der Waals surface area contributed by atoms with E-state index < -0.39 is 17.8 Å². The Labute approximate surface area is 178 Å². The third-order valence-electron chi connectivity index (χ3n) is 4.91. The monoisotopic (exact) mass is 435 g/mol. The Morgan fingerprint density at radius 1 is 1.13 bits per heavy atom. The first-order valence-electron chi connectivity index (χ1n) is 9.89. The van der Waals surface area contributed by atoms with Crippen molar-refractivity contribution >= 4 is 17.6 Å². The number of halogens is 3. The van der Waals surface area contributed by atoms with Gasteiger partial charge < -0.3 is 20.3 Å². The standard InChI is InChI=1S/C22H24F3N3O3/c1-28(14-15-7-9-17(10-8-15)22(23,24)25)21(30)26-13-16-4-2-5-18(12-16)27-20(29)19-6-3-11-31-19/h2,4-5,7-10,12,19H,3,6,11,13-14H2,1H3,(H,26,30)(H,27,29). The number of nitrogens with one attached hydrogen (secondary N) is 2.